The number of hydrogen-bond acceptors (Lipinski definition) is 4. The summed E-state index contributed by atoms with van der Waals surface area (Å²) < 4.78 is 5.50. The maximum atomic E-state index is 12.7. The summed E-state index contributed by atoms with van der Waals surface area (Å²) in [6.07, 6.45) is 0.658. The van der Waals surface area contributed by atoms with Crippen LogP contribution in [0.5, 0.6) is 0 Å². The van der Waals surface area contributed by atoms with E-state index in [-0.39, 0.29) is 6.03 Å². The fourth-order valence-corrected chi connectivity index (χ4v) is 3.54. The van der Waals surface area contributed by atoms with E-state index in [4.69, 9.17) is 4.74 Å². The molecule has 1 aromatic heterocycles. The molecule has 2 heterocycles. The second-order valence-electron chi connectivity index (χ2n) is 5.83. The van der Waals surface area contributed by atoms with Crippen LogP contribution in [0.3, 0.4) is 0 Å². The molecule has 1 N–H and O–H groups in total. The van der Waals surface area contributed by atoms with E-state index in [1.54, 1.807) is 14.0 Å². The molecule has 1 aliphatic rings. The van der Waals surface area contributed by atoms with E-state index in [1.807, 2.05) is 47.8 Å². The Morgan fingerprint density at radius 3 is 2.68 bits per heavy atom. The third kappa shape index (κ3) is 3.74. The predicted molar refractivity (Wildman–Crippen MR) is 97.2 cm³/mol. The monoisotopic (exact) mass is 356 g/mol. The molecule has 3 rings (SSSR count). The third-order valence-electron chi connectivity index (χ3n) is 4.27. The van der Waals surface area contributed by atoms with E-state index in [0.29, 0.717) is 24.3 Å². The van der Waals surface area contributed by atoms with Crippen LogP contribution in [0.25, 0.3) is 0 Å². The summed E-state index contributed by atoms with van der Waals surface area (Å²) in [6.45, 7) is 2.07. The van der Waals surface area contributed by atoms with Crippen LogP contribution in [0.15, 0.2) is 59.1 Å². The van der Waals surface area contributed by atoms with Gasteiger partial charge in [0.2, 0.25) is 0 Å². The highest BCUT2D eigenvalue weighted by molar-refractivity contribution is 7.10. The number of nitrogens with zero attached hydrogens (tertiary/aromatic N) is 1. The van der Waals surface area contributed by atoms with Crippen LogP contribution in [0, 0.1) is 0 Å². The molecule has 6 heteroatoms. The SMILES string of the molecule is CC1=C(C(=O)OCCc2ccccc2)C(c2cccs2)NC(=O)N1C. The minimum absolute atomic E-state index is 0.225. The summed E-state index contributed by atoms with van der Waals surface area (Å²) in [5.41, 5.74) is 2.22. The Kier molecular flexibility index (Phi) is 5.19. The number of amides is 2. The van der Waals surface area contributed by atoms with Gasteiger partial charge in [-0.3, -0.25) is 0 Å². The lowest BCUT2D eigenvalue weighted by atomic mass is 10.0. The van der Waals surface area contributed by atoms with Crippen molar-refractivity contribution in [1.29, 1.82) is 0 Å². The van der Waals surface area contributed by atoms with E-state index in [2.05, 4.69) is 5.32 Å². The fourth-order valence-electron chi connectivity index (χ4n) is 2.75. The van der Waals surface area contributed by atoms with Gasteiger partial charge in [0.25, 0.3) is 0 Å². The number of ether oxygens (including phenoxy) is 1. The first-order valence-electron chi connectivity index (χ1n) is 8.07. The molecule has 0 saturated carbocycles. The molecule has 1 aromatic carbocycles. The summed E-state index contributed by atoms with van der Waals surface area (Å²) in [5.74, 6) is -0.390. The number of benzene rings is 1. The van der Waals surface area contributed by atoms with Crippen molar-refractivity contribution < 1.29 is 14.3 Å². The van der Waals surface area contributed by atoms with Gasteiger partial charge < -0.3 is 15.0 Å². The van der Waals surface area contributed by atoms with Gasteiger partial charge in [0, 0.05) is 24.0 Å². The molecule has 0 spiro atoms. The quantitative estimate of drug-likeness (QED) is 0.834. The van der Waals surface area contributed by atoms with Crippen molar-refractivity contribution in [3.05, 3.63) is 69.6 Å². The lowest BCUT2D eigenvalue weighted by molar-refractivity contribution is -0.139. The van der Waals surface area contributed by atoms with Crippen molar-refractivity contribution in [2.45, 2.75) is 19.4 Å². The normalized spacial score (nSPS) is 17.4. The maximum absolute atomic E-state index is 12.7. The number of esters is 1. The summed E-state index contributed by atoms with van der Waals surface area (Å²) in [5, 5.41) is 4.80. The zero-order valence-corrected chi connectivity index (χ0v) is 15.0. The van der Waals surface area contributed by atoms with E-state index in [9.17, 15) is 9.59 Å². The number of rotatable bonds is 5. The number of carbonyl (C=O) groups is 2. The van der Waals surface area contributed by atoms with Crippen LogP contribution < -0.4 is 5.32 Å². The van der Waals surface area contributed by atoms with Crippen LogP contribution >= 0.6 is 11.3 Å². The minimum Gasteiger partial charge on any atom is -0.462 e. The zero-order valence-electron chi connectivity index (χ0n) is 14.2. The third-order valence-corrected chi connectivity index (χ3v) is 5.21. The predicted octanol–water partition coefficient (Wildman–Crippen LogP) is 3.50. The number of hydrogen-bond donors (Lipinski definition) is 1. The molecule has 1 unspecified atom stereocenters. The Morgan fingerprint density at radius 1 is 1.24 bits per heavy atom. The Labute approximate surface area is 150 Å². The molecule has 5 nitrogen and oxygen atoms in total. The largest absolute Gasteiger partial charge is 0.462 e. The van der Waals surface area contributed by atoms with Crippen LogP contribution in [0.2, 0.25) is 0 Å². The number of thiophene rings is 1. The highest BCUT2D eigenvalue weighted by atomic mass is 32.1. The summed E-state index contributed by atoms with van der Waals surface area (Å²) in [4.78, 5) is 27.2. The molecule has 2 amide bonds. The molecule has 0 bridgehead atoms. The minimum atomic E-state index is -0.465. The summed E-state index contributed by atoms with van der Waals surface area (Å²) in [6, 6.07) is 13.0. The Bertz CT molecular complexity index is 784. The van der Waals surface area contributed by atoms with Crippen molar-refractivity contribution in [3.63, 3.8) is 0 Å². The van der Waals surface area contributed by atoms with E-state index >= 15 is 0 Å². The average Bonchev–Trinajstić information content (AvgIpc) is 3.14. The van der Waals surface area contributed by atoms with Gasteiger partial charge in [-0.25, -0.2) is 9.59 Å². The van der Waals surface area contributed by atoms with E-state index in [1.165, 1.54) is 16.2 Å². The first kappa shape index (κ1) is 17.2. The van der Waals surface area contributed by atoms with Crippen molar-refractivity contribution >= 4 is 23.3 Å². The van der Waals surface area contributed by atoms with E-state index in [0.717, 1.165) is 10.4 Å². The van der Waals surface area contributed by atoms with Gasteiger partial charge in [-0.15, -0.1) is 11.3 Å². The van der Waals surface area contributed by atoms with Gasteiger partial charge in [0.15, 0.2) is 0 Å². The van der Waals surface area contributed by atoms with Crippen molar-refractivity contribution in [2.75, 3.05) is 13.7 Å². The number of urea groups is 1. The Morgan fingerprint density at radius 2 is 2.00 bits per heavy atom. The van der Waals surface area contributed by atoms with Gasteiger partial charge in [0.05, 0.1) is 18.2 Å². The average molecular weight is 356 g/mol. The molecule has 25 heavy (non-hydrogen) atoms. The van der Waals surface area contributed by atoms with Gasteiger partial charge in [-0.2, -0.15) is 0 Å². The van der Waals surface area contributed by atoms with Gasteiger partial charge in [0.1, 0.15) is 0 Å². The topological polar surface area (TPSA) is 58.6 Å². The van der Waals surface area contributed by atoms with Crippen LogP contribution in [-0.2, 0) is 16.0 Å². The van der Waals surface area contributed by atoms with Crippen molar-refractivity contribution in [2.24, 2.45) is 0 Å². The Hall–Kier alpha value is -2.60. The van der Waals surface area contributed by atoms with E-state index < -0.39 is 12.0 Å². The lowest BCUT2D eigenvalue weighted by Crippen LogP contribution is -2.46. The molecule has 1 aliphatic heterocycles. The van der Waals surface area contributed by atoms with Gasteiger partial charge in [-0.1, -0.05) is 36.4 Å². The molecular formula is C19H20N2O3S. The summed E-state index contributed by atoms with van der Waals surface area (Å²) in [7, 11) is 1.65. The molecule has 0 aliphatic carbocycles. The second kappa shape index (κ2) is 7.53. The smallest absolute Gasteiger partial charge is 0.338 e. The Balaban J connectivity index is 1.76. The lowest BCUT2D eigenvalue weighted by Gasteiger charge is -2.32. The molecular weight excluding hydrogens is 336 g/mol. The molecule has 2 aromatic rings. The van der Waals surface area contributed by atoms with Crippen molar-refractivity contribution in [3.8, 4) is 0 Å². The highest BCUT2D eigenvalue weighted by Gasteiger charge is 2.35. The molecule has 1 atom stereocenters. The molecule has 0 radical (unpaired) electrons. The van der Waals surface area contributed by atoms with Crippen LogP contribution in [0.4, 0.5) is 4.79 Å². The van der Waals surface area contributed by atoms with Crippen LogP contribution in [-0.4, -0.2) is 30.6 Å². The standard InChI is InChI=1S/C19H20N2O3S/c1-13-16(18(22)24-11-10-14-7-4-3-5-8-14)17(15-9-6-12-25-15)20-19(23)21(13)2/h3-9,12,17H,10-11H2,1-2H3,(H,20,23). The van der Waals surface area contributed by atoms with Gasteiger partial charge in [-0.05, 0) is 23.9 Å². The number of carbonyl (C=O) groups excluding carboxylic acids is 2. The fraction of sp³-hybridized carbons (Fsp3) is 0.263. The first-order chi connectivity index (χ1) is 12.1. The van der Waals surface area contributed by atoms with Crippen LogP contribution in [0.1, 0.15) is 23.4 Å². The molecule has 0 saturated heterocycles. The summed E-state index contributed by atoms with van der Waals surface area (Å²) >= 11 is 1.50. The van der Waals surface area contributed by atoms with Gasteiger partial charge >= 0.3 is 12.0 Å². The molecule has 130 valence electrons. The maximum Gasteiger partial charge on any atom is 0.338 e. The van der Waals surface area contributed by atoms with Crippen molar-refractivity contribution in [1.82, 2.24) is 10.2 Å². The zero-order chi connectivity index (χ0) is 17.8. The number of nitrogens with one attached hydrogen (secondary N) is 1. The second-order valence-corrected chi connectivity index (χ2v) is 6.81. The molecule has 0 fully saturated rings. The number of allylic oxidation sites excluding steroid dienone is 1. The highest BCUT2D eigenvalue weighted by Crippen LogP contribution is 2.32. The first-order valence-corrected chi connectivity index (χ1v) is 8.95.